The second-order valence-electron chi connectivity index (χ2n) is 5.01. The Balaban J connectivity index is 1.64. The van der Waals surface area contributed by atoms with Crippen LogP contribution in [0.4, 0.5) is 0 Å². The molecule has 0 fully saturated rings. The number of thiazole rings is 1. The van der Waals surface area contributed by atoms with Gasteiger partial charge in [0.1, 0.15) is 5.82 Å². The summed E-state index contributed by atoms with van der Waals surface area (Å²) in [4.78, 5) is 14.9. The quantitative estimate of drug-likeness (QED) is 0.513. The number of fused-ring (bicyclic) bond motifs is 2. The first-order valence-electron chi connectivity index (χ1n) is 6.83. The number of aromatic amines is 1. The average molecular weight is 322 g/mol. The SMILES string of the molecule is c1csc(-c2nc3ccc(-c4cn5ccsc5n4)cc3[nH]2)c1. The lowest BCUT2D eigenvalue weighted by Crippen LogP contribution is -1.78. The van der Waals surface area contributed by atoms with Crippen molar-refractivity contribution in [3.8, 4) is 22.0 Å². The molecule has 5 aromatic rings. The third-order valence-electron chi connectivity index (χ3n) is 3.63. The van der Waals surface area contributed by atoms with E-state index in [1.807, 2.05) is 28.1 Å². The maximum absolute atomic E-state index is 4.66. The van der Waals surface area contributed by atoms with Gasteiger partial charge in [0, 0.05) is 23.3 Å². The number of hydrogen-bond donors (Lipinski definition) is 1. The van der Waals surface area contributed by atoms with Gasteiger partial charge >= 0.3 is 0 Å². The normalized spacial score (nSPS) is 11.6. The first-order valence-corrected chi connectivity index (χ1v) is 8.59. The van der Waals surface area contributed by atoms with E-state index in [-0.39, 0.29) is 0 Å². The zero-order chi connectivity index (χ0) is 14.5. The lowest BCUT2D eigenvalue weighted by molar-refractivity contribution is 1.23. The Morgan fingerprint density at radius 2 is 2.05 bits per heavy atom. The predicted molar refractivity (Wildman–Crippen MR) is 91.5 cm³/mol. The minimum atomic E-state index is 0.924. The van der Waals surface area contributed by atoms with Crippen molar-refractivity contribution in [2.75, 3.05) is 0 Å². The van der Waals surface area contributed by atoms with Gasteiger partial charge in [-0.15, -0.1) is 22.7 Å². The molecule has 0 aliphatic carbocycles. The molecule has 0 spiro atoms. The van der Waals surface area contributed by atoms with Crippen LogP contribution in [0, 0.1) is 0 Å². The minimum Gasteiger partial charge on any atom is -0.337 e. The van der Waals surface area contributed by atoms with Gasteiger partial charge in [-0.3, -0.25) is 4.40 Å². The van der Waals surface area contributed by atoms with E-state index in [2.05, 4.69) is 44.7 Å². The molecule has 4 nitrogen and oxygen atoms in total. The second kappa shape index (κ2) is 4.53. The monoisotopic (exact) mass is 322 g/mol. The summed E-state index contributed by atoms with van der Waals surface area (Å²) < 4.78 is 2.05. The fourth-order valence-electron chi connectivity index (χ4n) is 2.57. The van der Waals surface area contributed by atoms with Crippen LogP contribution in [0.1, 0.15) is 0 Å². The maximum atomic E-state index is 4.66. The zero-order valence-electron chi connectivity index (χ0n) is 11.4. The minimum absolute atomic E-state index is 0.924. The Bertz CT molecular complexity index is 1050. The summed E-state index contributed by atoms with van der Waals surface area (Å²) >= 11 is 3.33. The first-order chi connectivity index (χ1) is 10.9. The molecule has 0 atom stereocenters. The largest absolute Gasteiger partial charge is 0.337 e. The van der Waals surface area contributed by atoms with Crippen molar-refractivity contribution < 1.29 is 0 Å². The summed E-state index contributed by atoms with van der Waals surface area (Å²) in [7, 11) is 0. The summed E-state index contributed by atoms with van der Waals surface area (Å²) in [5.74, 6) is 0.924. The Morgan fingerprint density at radius 3 is 2.91 bits per heavy atom. The molecule has 0 bridgehead atoms. The van der Waals surface area contributed by atoms with Crippen molar-refractivity contribution in [3.05, 3.63) is 53.5 Å². The lowest BCUT2D eigenvalue weighted by Gasteiger charge is -1.95. The zero-order valence-corrected chi connectivity index (χ0v) is 13.0. The summed E-state index contributed by atoms with van der Waals surface area (Å²) in [5, 5.41) is 4.10. The van der Waals surface area contributed by atoms with Crippen LogP contribution in [0.3, 0.4) is 0 Å². The Morgan fingerprint density at radius 1 is 1.05 bits per heavy atom. The molecule has 4 heterocycles. The third kappa shape index (κ3) is 1.81. The number of thiophene rings is 1. The van der Waals surface area contributed by atoms with Crippen LogP contribution >= 0.6 is 22.7 Å². The van der Waals surface area contributed by atoms with E-state index in [1.165, 1.54) is 0 Å². The fraction of sp³-hybridized carbons (Fsp3) is 0. The molecular formula is C16H10N4S2. The molecule has 0 radical (unpaired) electrons. The molecule has 0 saturated heterocycles. The molecule has 6 heteroatoms. The summed E-state index contributed by atoms with van der Waals surface area (Å²) in [5.41, 5.74) is 4.11. The van der Waals surface area contributed by atoms with E-state index in [4.69, 9.17) is 0 Å². The van der Waals surface area contributed by atoms with Crippen LogP contribution in [0.5, 0.6) is 0 Å². The molecule has 1 aromatic carbocycles. The van der Waals surface area contributed by atoms with Gasteiger partial charge in [0.2, 0.25) is 0 Å². The molecule has 0 unspecified atom stereocenters. The van der Waals surface area contributed by atoms with Crippen molar-refractivity contribution in [1.29, 1.82) is 0 Å². The van der Waals surface area contributed by atoms with Crippen LogP contribution in [-0.4, -0.2) is 19.4 Å². The highest BCUT2D eigenvalue weighted by Crippen LogP contribution is 2.28. The molecule has 1 N–H and O–H groups in total. The van der Waals surface area contributed by atoms with Crippen molar-refractivity contribution >= 4 is 38.7 Å². The highest BCUT2D eigenvalue weighted by atomic mass is 32.1. The van der Waals surface area contributed by atoms with Crippen molar-refractivity contribution in [2.24, 2.45) is 0 Å². The van der Waals surface area contributed by atoms with Gasteiger partial charge < -0.3 is 4.98 Å². The number of nitrogens with zero attached hydrogens (tertiary/aromatic N) is 3. The van der Waals surface area contributed by atoms with Crippen molar-refractivity contribution in [3.63, 3.8) is 0 Å². The van der Waals surface area contributed by atoms with Crippen LogP contribution < -0.4 is 0 Å². The number of rotatable bonds is 2. The van der Waals surface area contributed by atoms with Gasteiger partial charge in [-0.2, -0.15) is 0 Å². The highest BCUT2D eigenvalue weighted by molar-refractivity contribution is 7.15. The molecule has 4 aromatic heterocycles. The number of benzene rings is 1. The van der Waals surface area contributed by atoms with Gasteiger partial charge in [0.25, 0.3) is 0 Å². The van der Waals surface area contributed by atoms with Crippen LogP contribution in [0.2, 0.25) is 0 Å². The van der Waals surface area contributed by atoms with Crippen LogP contribution in [0.25, 0.3) is 38.0 Å². The number of aromatic nitrogens is 4. The van der Waals surface area contributed by atoms with E-state index >= 15 is 0 Å². The first kappa shape index (κ1) is 12.1. The fourth-order valence-corrected chi connectivity index (χ4v) is 3.93. The third-order valence-corrected chi connectivity index (χ3v) is 5.27. The van der Waals surface area contributed by atoms with Gasteiger partial charge in [-0.1, -0.05) is 12.1 Å². The van der Waals surface area contributed by atoms with E-state index in [0.29, 0.717) is 0 Å². The van der Waals surface area contributed by atoms with Gasteiger partial charge in [-0.25, -0.2) is 9.97 Å². The van der Waals surface area contributed by atoms with E-state index in [0.717, 1.165) is 38.0 Å². The molecule has 22 heavy (non-hydrogen) atoms. The highest BCUT2D eigenvalue weighted by Gasteiger charge is 2.09. The number of imidazole rings is 2. The van der Waals surface area contributed by atoms with Gasteiger partial charge in [0.15, 0.2) is 4.96 Å². The van der Waals surface area contributed by atoms with E-state index in [1.54, 1.807) is 22.7 Å². The van der Waals surface area contributed by atoms with Gasteiger partial charge in [-0.05, 0) is 23.6 Å². The van der Waals surface area contributed by atoms with Gasteiger partial charge in [0.05, 0.1) is 21.6 Å². The number of nitrogens with one attached hydrogen (secondary N) is 1. The predicted octanol–water partition coefficient (Wildman–Crippen LogP) is 4.67. The second-order valence-corrected chi connectivity index (χ2v) is 6.83. The molecule has 0 amide bonds. The molecule has 0 saturated carbocycles. The standard InChI is InChI=1S/C16H10N4S2/c1-2-14(21-6-1)15-17-11-4-3-10(8-12(11)18-15)13-9-20-5-7-22-16(20)19-13/h1-9H,(H,17,18). The molecule has 106 valence electrons. The van der Waals surface area contributed by atoms with Crippen molar-refractivity contribution in [2.45, 2.75) is 0 Å². The summed E-state index contributed by atoms with van der Waals surface area (Å²) in [6.45, 7) is 0. The number of hydrogen-bond acceptors (Lipinski definition) is 4. The topological polar surface area (TPSA) is 46.0 Å². The summed E-state index contributed by atoms with van der Waals surface area (Å²) in [6.07, 6.45) is 4.09. The van der Waals surface area contributed by atoms with Crippen molar-refractivity contribution in [1.82, 2.24) is 19.4 Å². The van der Waals surface area contributed by atoms with E-state index < -0.39 is 0 Å². The maximum Gasteiger partial charge on any atom is 0.194 e. The Kier molecular flexibility index (Phi) is 2.50. The average Bonchev–Trinajstić information content (AvgIpc) is 3.27. The smallest absolute Gasteiger partial charge is 0.194 e. The van der Waals surface area contributed by atoms with E-state index in [9.17, 15) is 0 Å². The Hall–Kier alpha value is -2.44. The Labute approximate surface area is 133 Å². The summed E-state index contributed by atoms with van der Waals surface area (Å²) in [6, 6.07) is 10.4. The van der Waals surface area contributed by atoms with Crippen LogP contribution in [0.15, 0.2) is 53.5 Å². The molecular weight excluding hydrogens is 312 g/mol. The number of H-pyrrole nitrogens is 1. The molecule has 5 rings (SSSR count). The lowest BCUT2D eigenvalue weighted by atomic mass is 10.1. The van der Waals surface area contributed by atoms with Crippen LogP contribution in [-0.2, 0) is 0 Å². The molecule has 0 aliphatic heterocycles. The molecule has 0 aliphatic rings.